The molecule has 1 aromatic heterocycles. The number of rotatable bonds is 6. The molecule has 0 aliphatic heterocycles. The van der Waals surface area contributed by atoms with Crippen molar-refractivity contribution >= 4 is 0 Å². The first-order chi connectivity index (χ1) is 7.11. The number of nitrogens with zero attached hydrogens (tertiary/aromatic N) is 1. The highest BCUT2D eigenvalue weighted by Gasteiger charge is 2.10. The van der Waals surface area contributed by atoms with Crippen molar-refractivity contribution in [2.45, 2.75) is 19.5 Å². The fraction of sp³-hybridized carbons (Fsp3) is 0.600. The smallest absolute Gasteiger partial charge is 0.251 e. The third kappa shape index (κ3) is 4.40. The number of furan rings is 1. The number of hydrogen-bond donors (Lipinski definition) is 1. The lowest BCUT2D eigenvalue weighted by Gasteiger charge is -2.13. The lowest BCUT2D eigenvalue weighted by Crippen LogP contribution is -2.23. The predicted molar refractivity (Wildman–Crippen MR) is 53.8 cm³/mol. The third-order valence-electron chi connectivity index (χ3n) is 1.96. The van der Waals surface area contributed by atoms with Crippen LogP contribution in [0.1, 0.15) is 11.3 Å². The number of alkyl halides is 2. The van der Waals surface area contributed by atoms with Crippen LogP contribution in [-0.2, 0) is 13.1 Å². The average Bonchev–Trinajstić information content (AvgIpc) is 2.51. The Morgan fingerprint density at radius 3 is 2.87 bits per heavy atom. The van der Waals surface area contributed by atoms with Crippen LogP contribution in [0.25, 0.3) is 0 Å². The topological polar surface area (TPSA) is 28.4 Å². The highest BCUT2D eigenvalue weighted by Crippen LogP contribution is 2.10. The van der Waals surface area contributed by atoms with Crippen molar-refractivity contribution in [3.05, 3.63) is 23.7 Å². The molecule has 0 amide bonds. The van der Waals surface area contributed by atoms with Gasteiger partial charge in [-0.25, -0.2) is 8.78 Å². The molecule has 1 N–H and O–H groups in total. The fourth-order valence-corrected chi connectivity index (χ4v) is 1.37. The first-order valence-corrected chi connectivity index (χ1v) is 4.79. The van der Waals surface area contributed by atoms with Crippen molar-refractivity contribution in [1.82, 2.24) is 10.2 Å². The number of nitrogens with one attached hydrogen (secondary N) is 1. The van der Waals surface area contributed by atoms with Gasteiger partial charge in [0.15, 0.2) is 0 Å². The SMILES string of the molecule is CNCc1coc(CN(C)CC(F)F)c1. The highest BCUT2D eigenvalue weighted by atomic mass is 19.3. The molecule has 0 aliphatic rings. The Kier molecular flexibility index (Phi) is 4.71. The van der Waals surface area contributed by atoms with E-state index in [2.05, 4.69) is 5.32 Å². The van der Waals surface area contributed by atoms with E-state index < -0.39 is 6.43 Å². The van der Waals surface area contributed by atoms with E-state index in [1.807, 2.05) is 13.1 Å². The van der Waals surface area contributed by atoms with Crippen molar-refractivity contribution < 1.29 is 13.2 Å². The summed E-state index contributed by atoms with van der Waals surface area (Å²) in [6.07, 6.45) is -0.663. The Balaban J connectivity index is 2.42. The molecular formula is C10H16F2N2O. The zero-order valence-electron chi connectivity index (χ0n) is 8.96. The maximum atomic E-state index is 12.0. The molecule has 0 radical (unpaired) electrons. The molecule has 1 heterocycles. The van der Waals surface area contributed by atoms with E-state index in [-0.39, 0.29) is 6.54 Å². The van der Waals surface area contributed by atoms with Crippen molar-refractivity contribution in [3.8, 4) is 0 Å². The van der Waals surface area contributed by atoms with Crippen LogP contribution in [0.3, 0.4) is 0 Å². The summed E-state index contributed by atoms with van der Waals surface area (Å²) < 4.78 is 29.3. The minimum Gasteiger partial charge on any atom is -0.468 e. The van der Waals surface area contributed by atoms with E-state index in [1.165, 1.54) is 4.90 Å². The molecule has 0 bridgehead atoms. The van der Waals surface area contributed by atoms with Crippen molar-refractivity contribution in [3.63, 3.8) is 0 Å². The van der Waals surface area contributed by atoms with Gasteiger partial charge in [0.05, 0.1) is 19.4 Å². The Bertz CT molecular complexity index is 289. The standard InChI is InChI=1S/C10H16F2N2O/c1-13-4-8-3-9(15-7-8)5-14(2)6-10(11)12/h3,7,10,13H,4-6H2,1-2H3. The van der Waals surface area contributed by atoms with Gasteiger partial charge in [0.25, 0.3) is 6.43 Å². The van der Waals surface area contributed by atoms with Crippen molar-refractivity contribution in [2.75, 3.05) is 20.6 Å². The third-order valence-corrected chi connectivity index (χ3v) is 1.96. The summed E-state index contributed by atoms with van der Waals surface area (Å²) >= 11 is 0. The molecule has 86 valence electrons. The maximum absolute atomic E-state index is 12.0. The summed E-state index contributed by atoms with van der Waals surface area (Å²) in [7, 11) is 3.49. The number of halogens is 2. The summed E-state index contributed by atoms with van der Waals surface area (Å²) in [4.78, 5) is 1.53. The largest absolute Gasteiger partial charge is 0.468 e. The van der Waals surface area contributed by atoms with E-state index in [9.17, 15) is 8.78 Å². The van der Waals surface area contributed by atoms with E-state index in [1.54, 1.807) is 13.3 Å². The molecule has 1 aromatic rings. The van der Waals surface area contributed by atoms with Gasteiger partial charge in [-0.2, -0.15) is 0 Å². The average molecular weight is 218 g/mol. The van der Waals surface area contributed by atoms with E-state index >= 15 is 0 Å². The summed E-state index contributed by atoms with van der Waals surface area (Å²) in [6, 6.07) is 1.87. The summed E-state index contributed by atoms with van der Waals surface area (Å²) in [6.45, 7) is 0.901. The van der Waals surface area contributed by atoms with Crippen molar-refractivity contribution in [1.29, 1.82) is 0 Å². The van der Waals surface area contributed by atoms with Crippen LogP contribution < -0.4 is 5.32 Å². The van der Waals surface area contributed by atoms with E-state index in [0.717, 1.165) is 12.1 Å². The molecular weight excluding hydrogens is 202 g/mol. The van der Waals surface area contributed by atoms with Crippen LogP contribution in [0.4, 0.5) is 8.78 Å². The molecule has 0 aliphatic carbocycles. The summed E-state index contributed by atoms with van der Waals surface area (Å²) in [5, 5.41) is 2.99. The maximum Gasteiger partial charge on any atom is 0.251 e. The first kappa shape index (κ1) is 12.1. The van der Waals surface area contributed by atoms with Gasteiger partial charge in [-0.3, -0.25) is 4.90 Å². The molecule has 5 heteroatoms. The van der Waals surface area contributed by atoms with Crippen LogP contribution >= 0.6 is 0 Å². The van der Waals surface area contributed by atoms with Crippen LogP contribution in [0.2, 0.25) is 0 Å². The lowest BCUT2D eigenvalue weighted by molar-refractivity contribution is 0.0946. The predicted octanol–water partition coefficient (Wildman–Crippen LogP) is 1.70. The van der Waals surface area contributed by atoms with Crippen LogP contribution in [-0.4, -0.2) is 32.0 Å². The summed E-state index contributed by atoms with van der Waals surface area (Å²) in [5.41, 5.74) is 1.03. The number of hydrogen-bond acceptors (Lipinski definition) is 3. The van der Waals surface area contributed by atoms with Gasteiger partial charge in [-0.05, 0) is 20.2 Å². The fourth-order valence-electron chi connectivity index (χ4n) is 1.37. The minimum atomic E-state index is -2.30. The quantitative estimate of drug-likeness (QED) is 0.787. The molecule has 0 fully saturated rings. The van der Waals surface area contributed by atoms with Crippen LogP contribution in [0, 0.1) is 0 Å². The molecule has 0 atom stereocenters. The van der Waals surface area contributed by atoms with Gasteiger partial charge in [0, 0.05) is 12.1 Å². The van der Waals surface area contributed by atoms with Gasteiger partial charge >= 0.3 is 0 Å². The van der Waals surface area contributed by atoms with Gasteiger partial charge in [-0.1, -0.05) is 0 Å². The minimum absolute atomic E-state index is 0.234. The second kappa shape index (κ2) is 5.82. The lowest BCUT2D eigenvalue weighted by atomic mass is 10.3. The Morgan fingerprint density at radius 2 is 2.27 bits per heavy atom. The Hall–Kier alpha value is -0.940. The molecule has 0 saturated carbocycles. The van der Waals surface area contributed by atoms with Gasteiger partial charge < -0.3 is 9.73 Å². The molecule has 3 nitrogen and oxygen atoms in total. The van der Waals surface area contributed by atoms with Crippen LogP contribution in [0.15, 0.2) is 16.7 Å². The van der Waals surface area contributed by atoms with Crippen LogP contribution in [0.5, 0.6) is 0 Å². The molecule has 0 unspecified atom stereocenters. The second-order valence-electron chi connectivity index (χ2n) is 3.54. The zero-order chi connectivity index (χ0) is 11.3. The molecule has 0 aromatic carbocycles. The Morgan fingerprint density at radius 1 is 1.53 bits per heavy atom. The monoisotopic (exact) mass is 218 g/mol. The van der Waals surface area contributed by atoms with Gasteiger partial charge in [0.2, 0.25) is 0 Å². The molecule has 1 rings (SSSR count). The molecule has 15 heavy (non-hydrogen) atoms. The normalized spacial score (nSPS) is 11.6. The van der Waals surface area contributed by atoms with Crippen molar-refractivity contribution in [2.24, 2.45) is 0 Å². The first-order valence-electron chi connectivity index (χ1n) is 4.79. The molecule has 0 saturated heterocycles. The van der Waals surface area contributed by atoms with Gasteiger partial charge in [0.1, 0.15) is 5.76 Å². The second-order valence-corrected chi connectivity index (χ2v) is 3.54. The van der Waals surface area contributed by atoms with E-state index in [4.69, 9.17) is 4.42 Å². The zero-order valence-corrected chi connectivity index (χ0v) is 8.96. The van der Waals surface area contributed by atoms with E-state index in [0.29, 0.717) is 12.3 Å². The highest BCUT2D eigenvalue weighted by molar-refractivity contribution is 5.12. The Labute approximate surface area is 88.1 Å². The van der Waals surface area contributed by atoms with Gasteiger partial charge in [-0.15, -0.1) is 0 Å². The summed E-state index contributed by atoms with van der Waals surface area (Å²) in [5.74, 6) is 0.711. The molecule has 0 spiro atoms.